The number of nitrogens with one attached hydrogen (secondary N) is 1. The van der Waals surface area contributed by atoms with Crippen molar-refractivity contribution in [1.82, 2.24) is 10.3 Å². The van der Waals surface area contributed by atoms with Crippen LogP contribution in [0.15, 0.2) is 47.5 Å². The van der Waals surface area contributed by atoms with Gasteiger partial charge in [-0.25, -0.2) is 13.4 Å². The number of benzene rings is 1. The predicted molar refractivity (Wildman–Crippen MR) is 76.6 cm³/mol. The molecular formula is C14H16N2O3S. The van der Waals surface area contributed by atoms with Gasteiger partial charge in [0.15, 0.2) is 9.84 Å². The number of nitrogens with zero attached hydrogens (tertiary/aromatic N) is 1. The summed E-state index contributed by atoms with van der Waals surface area (Å²) in [4.78, 5) is 4.07. The predicted octanol–water partition coefficient (Wildman–Crippen LogP) is 2.00. The van der Waals surface area contributed by atoms with Crippen LogP contribution in [-0.2, 0) is 16.4 Å². The molecular weight excluding hydrogens is 276 g/mol. The van der Waals surface area contributed by atoms with Crippen LogP contribution in [0.2, 0.25) is 0 Å². The minimum atomic E-state index is -3.37. The lowest BCUT2D eigenvalue weighted by atomic mass is 10.2. The van der Waals surface area contributed by atoms with E-state index in [1.54, 1.807) is 18.2 Å². The molecule has 1 aromatic carbocycles. The van der Waals surface area contributed by atoms with Crippen LogP contribution >= 0.6 is 0 Å². The average molecular weight is 292 g/mol. The van der Waals surface area contributed by atoms with Gasteiger partial charge in [0.1, 0.15) is 10.6 Å². The molecule has 6 heteroatoms. The Morgan fingerprint density at radius 3 is 2.50 bits per heavy atom. The van der Waals surface area contributed by atoms with Crippen LogP contribution in [0.3, 0.4) is 0 Å². The third kappa shape index (κ3) is 3.55. The summed E-state index contributed by atoms with van der Waals surface area (Å²) in [5.74, 6) is 0.643. The third-order valence-corrected chi connectivity index (χ3v) is 3.76. The van der Waals surface area contributed by atoms with Gasteiger partial charge in [-0.2, -0.15) is 0 Å². The van der Waals surface area contributed by atoms with Gasteiger partial charge in [0.25, 0.3) is 0 Å². The summed E-state index contributed by atoms with van der Waals surface area (Å²) < 4.78 is 28.9. The molecule has 0 fully saturated rings. The summed E-state index contributed by atoms with van der Waals surface area (Å²) in [7, 11) is -1.50. The van der Waals surface area contributed by atoms with Gasteiger partial charge in [0.2, 0.25) is 5.88 Å². The fraction of sp³-hybridized carbons (Fsp3) is 0.214. The highest BCUT2D eigenvalue weighted by atomic mass is 32.2. The second kappa shape index (κ2) is 6.02. The number of aromatic nitrogens is 1. The SMILES string of the molecule is CNCc1ccc(Oc2ncccc2S(C)(=O)=O)cc1. The molecule has 2 rings (SSSR count). The van der Waals surface area contributed by atoms with Crippen molar-refractivity contribution in [2.24, 2.45) is 0 Å². The Bertz CT molecular complexity index is 682. The van der Waals surface area contributed by atoms with Crippen LogP contribution in [-0.4, -0.2) is 26.7 Å². The van der Waals surface area contributed by atoms with Crippen LogP contribution in [0.1, 0.15) is 5.56 Å². The summed E-state index contributed by atoms with van der Waals surface area (Å²) >= 11 is 0. The van der Waals surface area contributed by atoms with Crippen molar-refractivity contribution in [3.05, 3.63) is 48.2 Å². The molecule has 0 atom stereocenters. The fourth-order valence-corrected chi connectivity index (χ4v) is 2.46. The molecule has 0 aliphatic carbocycles. The highest BCUT2D eigenvalue weighted by Gasteiger charge is 2.15. The monoisotopic (exact) mass is 292 g/mol. The van der Waals surface area contributed by atoms with Gasteiger partial charge in [-0.1, -0.05) is 12.1 Å². The lowest BCUT2D eigenvalue weighted by molar-refractivity contribution is 0.447. The van der Waals surface area contributed by atoms with Gasteiger partial charge in [-0.3, -0.25) is 0 Å². The minimum Gasteiger partial charge on any atom is -0.438 e. The van der Waals surface area contributed by atoms with Crippen molar-refractivity contribution in [1.29, 1.82) is 0 Å². The van der Waals surface area contributed by atoms with Gasteiger partial charge in [-0.05, 0) is 36.9 Å². The first kappa shape index (κ1) is 14.5. The summed E-state index contributed by atoms with van der Waals surface area (Å²) in [5, 5.41) is 3.05. The first-order valence-electron chi connectivity index (χ1n) is 6.07. The fourth-order valence-electron chi connectivity index (χ4n) is 1.73. The first-order valence-corrected chi connectivity index (χ1v) is 7.96. The zero-order valence-corrected chi connectivity index (χ0v) is 12.1. The molecule has 0 saturated heterocycles. The lowest BCUT2D eigenvalue weighted by Gasteiger charge is -2.09. The van der Waals surface area contributed by atoms with Crippen molar-refractivity contribution in [2.45, 2.75) is 11.4 Å². The molecule has 0 unspecified atom stereocenters. The van der Waals surface area contributed by atoms with Crippen molar-refractivity contribution in [3.8, 4) is 11.6 Å². The molecule has 0 spiro atoms. The van der Waals surface area contributed by atoms with Crippen molar-refractivity contribution >= 4 is 9.84 Å². The van der Waals surface area contributed by atoms with E-state index in [1.165, 1.54) is 12.3 Å². The maximum Gasteiger partial charge on any atom is 0.238 e. The van der Waals surface area contributed by atoms with Gasteiger partial charge in [-0.15, -0.1) is 0 Å². The number of hydrogen-bond acceptors (Lipinski definition) is 5. The van der Waals surface area contributed by atoms with E-state index in [1.807, 2.05) is 19.2 Å². The lowest BCUT2D eigenvalue weighted by Crippen LogP contribution is -2.04. The van der Waals surface area contributed by atoms with E-state index in [-0.39, 0.29) is 10.8 Å². The number of ether oxygens (including phenoxy) is 1. The smallest absolute Gasteiger partial charge is 0.238 e. The Hall–Kier alpha value is -1.92. The maximum absolute atomic E-state index is 11.7. The van der Waals surface area contributed by atoms with Gasteiger partial charge < -0.3 is 10.1 Å². The molecule has 0 aliphatic rings. The average Bonchev–Trinajstić information content (AvgIpc) is 2.41. The second-order valence-corrected chi connectivity index (χ2v) is 6.34. The molecule has 0 amide bonds. The molecule has 20 heavy (non-hydrogen) atoms. The Balaban J connectivity index is 2.26. The molecule has 0 bridgehead atoms. The summed E-state index contributed by atoms with van der Waals surface area (Å²) in [6.45, 7) is 0.762. The Morgan fingerprint density at radius 2 is 1.90 bits per heavy atom. The second-order valence-electron chi connectivity index (χ2n) is 4.36. The van der Waals surface area contributed by atoms with Crippen LogP contribution in [0, 0.1) is 0 Å². The molecule has 0 saturated carbocycles. The molecule has 2 aromatic rings. The Kier molecular flexibility index (Phi) is 4.36. The van der Waals surface area contributed by atoms with E-state index in [0.717, 1.165) is 18.4 Å². The minimum absolute atomic E-state index is 0.0827. The van der Waals surface area contributed by atoms with E-state index in [9.17, 15) is 8.42 Å². The highest BCUT2D eigenvalue weighted by Crippen LogP contribution is 2.26. The number of sulfone groups is 1. The topological polar surface area (TPSA) is 68.3 Å². The molecule has 106 valence electrons. The normalized spacial score (nSPS) is 11.3. The molecule has 1 aromatic heterocycles. The van der Waals surface area contributed by atoms with Gasteiger partial charge in [0.05, 0.1) is 0 Å². The summed E-state index contributed by atoms with van der Waals surface area (Å²) in [6, 6.07) is 10.4. The van der Waals surface area contributed by atoms with E-state index in [0.29, 0.717) is 5.75 Å². The number of hydrogen-bond donors (Lipinski definition) is 1. The third-order valence-electron chi connectivity index (χ3n) is 2.65. The van der Waals surface area contributed by atoms with Crippen LogP contribution in [0.25, 0.3) is 0 Å². The Labute approximate surface area is 118 Å². The van der Waals surface area contributed by atoms with Crippen LogP contribution < -0.4 is 10.1 Å². The largest absolute Gasteiger partial charge is 0.438 e. The van der Waals surface area contributed by atoms with Crippen molar-refractivity contribution in [2.75, 3.05) is 13.3 Å². The van der Waals surface area contributed by atoms with E-state index >= 15 is 0 Å². The van der Waals surface area contributed by atoms with E-state index in [2.05, 4.69) is 10.3 Å². The summed E-state index contributed by atoms with van der Waals surface area (Å²) in [6.07, 6.45) is 2.63. The molecule has 1 heterocycles. The molecule has 5 nitrogen and oxygen atoms in total. The zero-order valence-electron chi connectivity index (χ0n) is 11.3. The van der Waals surface area contributed by atoms with E-state index in [4.69, 9.17) is 4.74 Å². The number of rotatable bonds is 5. The van der Waals surface area contributed by atoms with Gasteiger partial charge in [0, 0.05) is 19.0 Å². The molecule has 1 N–H and O–H groups in total. The molecule has 0 aliphatic heterocycles. The highest BCUT2D eigenvalue weighted by molar-refractivity contribution is 7.90. The summed E-state index contributed by atoms with van der Waals surface area (Å²) in [5.41, 5.74) is 1.12. The zero-order chi connectivity index (χ0) is 14.6. The first-order chi connectivity index (χ1) is 9.50. The van der Waals surface area contributed by atoms with Crippen molar-refractivity contribution < 1.29 is 13.2 Å². The van der Waals surface area contributed by atoms with Gasteiger partial charge >= 0.3 is 0 Å². The Morgan fingerprint density at radius 1 is 1.20 bits per heavy atom. The number of pyridine rings is 1. The maximum atomic E-state index is 11.7. The van der Waals surface area contributed by atoms with Crippen molar-refractivity contribution in [3.63, 3.8) is 0 Å². The van der Waals surface area contributed by atoms with E-state index < -0.39 is 9.84 Å². The molecule has 0 radical (unpaired) electrons. The van der Waals surface area contributed by atoms with Crippen LogP contribution in [0.5, 0.6) is 11.6 Å². The standard InChI is InChI=1S/C14H16N2O3S/c1-15-10-11-5-7-12(8-6-11)19-14-13(20(2,17)18)4-3-9-16-14/h3-9,15H,10H2,1-2H3. The van der Waals surface area contributed by atoms with Crippen LogP contribution in [0.4, 0.5) is 0 Å². The quantitative estimate of drug-likeness (QED) is 0.913.